The molecule has 1 N–H and O–H groups in total. The molecule has 22 heavy (non-hydrogen) atoms. The molecule has 2 atom stereocenters. The van der Waals surface area contributed by atoms with Gasteiger partial charge in [0.1, 0.15) is 9.84 Å². The second kappa shape index (κ2) is 7.66. The molecule has 1 rings (SSSR count). The standard InChI is InChI=1S/C16H32N2O3S/c1-13-7-6-8-14(2)18(11-13)15(19)17-12-16(3,4)9-10-22(5,20)21/h13-14H,6-12H2,1-5H3,(H,17,19)/t13-,14+/m0/s1. The first-order valence-electron chi connectivity index (χ1n) is 8.22. The summed E-state index contributed by atoms with van der Waals surface area (Å²) in [5.41, 5.74) is -0.223. The van der Waals surface area contributed by atoms with E-state index in [1.54, 1.807) is 0 Å². The van der Waals surface area contributed by atoms with Gasteiger partial charge in [0.05, 0.1) is 5.75 Å². The Morgan fingerprint density at radius 2 is 1.91 bits per heavy atom. The fourth-order valence-corrected chi connectivity index (χ4v) is 3.70. The molecule has 0 aromatic rings. The highest BCUT2D eigenvalue weighted by Crippen LogP contribution is 2.22. The molecule has 0 bridgehead atoms. The molecule has 0 aromatic carbocycles. The van der Waals surface area contributed by atoms with Crippen molar-refractivity contribution in [3.8, 4) is 0 Å². The first-order valence-corrected chi connectivity index (χ1v) is 10.3. The Labute approximate surface area is 135 Å². The van der Waals surface area contributed by atoms with Crippen molar-refractivity contribution < 1.29 is 13.2 Å². The van der Waals surface area contributed by atoms with Crippen LogP contribution in [0.25, 0.3) is 0 Å². The Bertz CT molecular complexity index is 474. The van der Waals surface area contributed by atoms with E-state index in [9.17, 15) is 13.2 Å². The Kier molecular flexibility index (Phi) is 6.71. The van der Waals surface area contributed by atoms with Gasteiger partial charge in [-0.3, -0.25) is 0 Å². The summed E-state index contributed by atoms with van der Waals surface area (Å²) in [6, 6.07) is 0.248. The zero-order valence-corrected chi connectivity index (χ0v) is 15.5. The molecule has 1 saturated heterocycles. The normalized spacial score (nSPS) is 24.0. The van der Waals surface area contributed by atoms with Gasteiger partial charge in [-0.1, -0.05) is 27.2 Å². The number of rotatable bonds is 5. The van der Waals surface area contributed by atoms with Gasteiger partial charge in [0.15, 0.2) is 0 Å². The van der Waals surface area contributed by atoms with E-state index in [0.29, 0.717) is 18.9 Å². The Morgan fingerprint density at radius 1 is 1.27 bits per heavy atom. The van der Waals surface area contributed by atoms with Gasteiger partial charge in [-0.15, -0.1) is 0 Å². The summed E-state index contributed by atoms with van der Waals surface area (Å²) in [6.45, 7) is 9.58. The second-order valence-electron chi connectivity index (χ2n) is 7.74. The monoisotopic (exact) mass is 332 g/mol. The minimum atomic E-state index is -2.96. The maximum atomic E-state index is 12.5. The number of hydrogen-bond acceptors (Lipinski definition) is 3. The van der Waals surface area contributed by atoms with Crippen molar-refractivity contribution in [1.29, 1.82) is 0 Å². The number of nitrogens with one attached hydrogen (secondary N) is 1. The van der Waals surface area contributed by atoms with Crippen LogP contribution in [-0.2, 0) is 9.84 Å². The van der Waals surface area contributed by atoms with E-state index in [0.717, 1.165) is 13.0 Å². The van der Waals surface area contributed by atoms with Crippen LogP contribution in [0.3, 0.4) is 0 Å². The highest BCUT2D eigenvalue weighted by molar-refractivity contribution is 7.90. The number of carbonyl (C=O) groups is 1. The highest BCUT2D eigenvalue weighted by atomic mass is 32.2. The van der Waals surface area contributed by atoms with Crippen molar-refractivity contribution in [2.75, 3.05) is 25.1 Å². The summed E-state index contributed by atoms with van der Waals surface area (Å²) in [7, 11) is -2.96. The summed E-state index contributed by atoms with van der Waals surface area (Å²) in [6.07, 6.45) is 5.20. The fourth-order valence-electron chi connectivity index (χ4n) is 2.77. The van der Waals surface area contributed by atoms with Gasteiger partial charge >= 0.3 is 6.03 Å². The number of hydrogen-bond donors (Lipinski definition) is 1. The lowest BCUT2D eigenvalue weighted by Crippen LogP contribution is -2.48. The predicted molar refractivity (Wildman–Crippen MR) is 90.7 cm³/mol. The van der Waals surface area contributed by atoms with Gasteiger partial charge in [0, 0.05) is 25.4 Å². The smallest absolute Gasteiger partial charge is 0.317 e. The van der Waals surface area contributed by atoms with E-state index in [2.05, 4.69) is 19.2 Å². The van der Waals surface area contributed by atoms with E-state index < -0.39 is 9.84 Å². The molecule has 0 spiro atoms. The van der Waals surface area contributed by atoms with Crippen LogP contribution < -0.4 is 5.32 Å². The predicted octanol–water partition coefficient (Wildman–Crippen LogP) is 2.67. The molecule has 0 unspecified atom stereocenters. The van der Waals surface area contributed by atoms with Crippen molar-refractivity contribution >= 4 is 15.9 Å². The Morgan fingerprint density at radius 3 is 2.50 bits per heavy atom. The Balaban J connectivity index is 2.52. The fraction of sp³-hybridized carbons (Fsp3) is 0.938. The molecule has 1 aliphatic heterocycles. The van der Waals surface area contributed by atoms with E-state index >= 15 is 0 Å². The summed E-state index contributed by atoms with van der Waals surface area (Å²) in [4.78, 5) is 14.4. The van der Waals surface area contributed by atoms with Crippen molar-refractivity contribution in [1.82, 2.24) is 10.2 Å². The summed E-state index contributed by atoms with van der Waals surface area (Å²) >= 11 is 0. The van der Waals surface area contributed by atoms with Gasteiger partial charge in [-0.25, -0.2) is 13.2 Å². The molecule has 0 saturated carbocycles. The number of nitrogens with zero attached hydrogens (tertiary/aromatic N) is 1. The molecule has 130 valence electrons. The van der Waals surface area contributed by atoms with Gasteiger partial charge in [0.2, 0.25) is 0 Å². The number of urea groups is 1. The third-order valence-electron chi connectivity index (χ3n) is 4.49. The molecule has 2 amide bonds. The molecule has 1 aliphatic rings. The number of amides is 2. The topological polar surface area (TPSA) is 66.5 Å². The maximum absolute atomic E-state index is 12.5. The van der Waals surface area contributed by atoms with Gasteiger partial charge in [0.25, 0.3) is 0 Å². The number of carbonyl (C=O) groups excluding carboxylic acids is 1. The third kappa shape index (κ3) is 6.99. The first kappa shape index (κ1) is 19.3. The lowest BCUT2D eigenvalue weighted by Gasteiger charge is -2.31. The van der Waals surface area contributed by atoms with Gasteiger partial charge in [-0.2, -0.15) is 0 Å². The molecule has 5 nitrogen and oxygen atoms in total. The number of likely N-dealkylation sites (tertiary alicyclic amines) is 1. The van der Waals surface area contributed by atoms with Crippen LogP contribution in [0.4, 0.5) is 4.79 Å². The quantitative estimate of drug-likeness (QED) is 0.841. The van der Waals surface area contributed by atoms with Crippen LogP contribution >= 0.6 is 0 Å². The van der Waals surface area contributed by atoms with Crippen LogP contribution in [0.1, 0.15) is 53.4 Å². The van der Waals surface area contributed by atoms with E-state index in [1.165, 1.54) is 19.1 Å². The third-order valence-corrected chi connectivity index (χ3v) is 5.43. The minimum Gasteiger partial charge on any atom is -0.337 e. The average Bonchev–Trinajstić information content (AvgIpc) is 2.55. The Hall–Kier alpha value is -0.780. The molecule has 1 heterocycles. The summed E-state index contributed by atoms with van der Waals surface area (Å²) in [5.74, 6) is 0.696. The van der Waals surface area contributed by atoms with E-state index in [-0.39, 0.29) is 23.2 Å². The molecular weight excluding hydrogens is 300 g/mol. The second-order valence-corrected chi connectivity index (χ2v) is 10.0. The molecule has 6 heteroatoms. The largest absolute Gasteiger partial charge is 0.337 e. The van der Waals surface area contributed by atoms with Crippen molar-refractivity contribution in [3.63, 3.8) is 0 Å². The summed E-state index contributed by atoms with van der Waals surface area (Å²) in [5, 5.41) is 3.00. The van der Waals surface area contributed by atoms with Gasteiger partial charge in [-0.05, 0) is 37.5 Å². The molecular formula is C16H32N2O3S. The van der Waals surface area contributed by atoms with Crippen LogP contribution in [0.15, 0.2) is 0 Å². The van der Waals surface area contributed by atoms with Crippen molar-refractivity contribution in [2.24, 2.45) is 11.3 Å². The molecule has 1 fully saturated rings. The van der Waals surface area contributed by atoms with Crippen LogP contribution in [0.2, 0.25) is 0 Å². The lowest BCUT2D eigenvalue weighted by molar-refractivity contribution is 0.168. The molecule has 0 aromatic heterocycles. The van der Waals surface area contributed by atoms with Crippen LogP contribution in [0.5, 0.6) is 0 Å². The minimum absolute atomic E-state index is 0.0197. The van der Waals surface area contributed by atoms with E-state index in [1.807, 2.05) is 18.7 Å². The SMILES string of the molecule is C[C@H]1CCC[C@@H](C)N(C(=O)NCC(C)(C)CCS(C)(=O)=O)C1. The first-order chi connectivity index (χ1) is 10.0. The van der Waals surface area contributed by atoms with Crippen molar-refractivity contribution in [2.45, 2.75) is 59.4 Å². The summed E-state index contributed by atoms with van der Waals surface area (Å²) < 4.78 is 22.6. The van der Waals surface area contributed by atoms with Gasteiger partial charge < -0.3 is 10.2 Å². The average molecular weight is 333 g/mol. The van der Waals surface area contributed by atoms with E-state index in [4.69, 9.17) is 0 Å². The number of sulfone groups is 1. The highest BCUT2D eigenvalue weighted by Gasteiger charge is 2.27. The zero-order chi connectivity index (χ0) is 17.0. The molecule has 0 aliphatic carbocycles. The van der Waals surface area contributed by atoms with Crippen LogP contribution in [0, 0.1) is 11.3 Å². The lowest BCUT2D eigenvalue weighted by atomic mass is 9.90. The molecule has 0 radical (unpaired) electrons. The van der Waals surface area contributed by atoms with Crippen LogP contribution in [-0.4, -0.2) is 50.5 Å². The van der Waals surface area contributed by atoms with Crippen molar-refractivity contribution in [3.05, 3.63) is 0 Å². The maximum Gasteiger partial charge on any atom is 0.317 e. The zero-order valence-electron chi connectivity index (χ0n) is 14.7.